The molecule has 2 aromatic carbocycles. The van der Waals surface area contributed by atoms with Crippen LogP contribution in [0, 0.1) is 0 Å². The molecule has 0 aromatic heterocycles. The molecule has 0 spiro atoms. The first-order chi connectivity index (χ1) is 16.3. The zero-order chi connectivity index (χ0) is 24.3. The molecule has 0 unspecified atom stereocenters. The van der Waals surface area contributed by atoms with Crippen LogP contribution < -0.4 is 14.9 Å². The summed E-state index contributed by atoms with van der Waals surface area (Å²) in [4.78, 5) is 15.3. The summed E-state index contributed by atoms with van der Waals surface area (Å²) in [7, 11) is -3.90. The molecule has 2 N–H and O–H groups in total. The van der Waals surface area contributed by atoms with Crippen LogP contribution in [0.3, 0.4) is 0 Å². The van der Waals surface area contributed by atoms with E-state index in [-0.39, 0.29) is 10.9 Å². The van der Waals surface area contributed by atoms with Crippen LogP contribution in [0.25, 0.3) is 0 Å². The van der Waals surface area contributed by atoms with E-state index in [1.807, 2.05) is 18.2 Å². The van der Waals surface area contributed by atoms with Gasteiger partial charge in [-0.05, 0) is 55.1 Å². The van der Waals surface area contributed by atoms with Gasteiger partial charge >= 0.3 is 0 Å². The fraction of sp³-hybridized carbons (Fsp3) is 0.458. The minimum absolute atomic E-state index is 0.138. The van der Waals surface area contributed by atoms with E-state index in [4.69, 9.17) is 23.2 Å². The lowest BCUT2D eigenvalue weighted by molar-refractivity contribution is -0.114. The van der Waals surface area contributed by atoms with Gasteiger partial charge in [0.25, 0.3) is 5.91 Å². The number of fused-ring (bicyclic) bond motifs is 1. The standard InChI is InChI=1S/C24H30Cl2N4O3S/c1-2-29-12-14-30(15-13-29)21-11-10-18(27-24(31)23(25)26)16-22(21)34(32,33)28-20-9-5-7-17-6-3-4-8-19(17)20/h3-4,6,8,10-11,16,20,23,28H,2,5,7,9,12-15H2,1H3,(H,27,31)/t20-/m1/s1. The third-order valence-electron chi connectivity index (χ3n) is 6.54. The van der Waals surface area contributed by atoms with E-state index in [0.717, 1.165) is 57.5 Å². The normalized spacial score (nSPS) is 19.2. The monoisotopic (exact) mass is 524 g/mol. The number of nitrogens with zero attached hydrogens (tertiary/aromatic N) is 2. The molecule has 184 valence electrons. The molecule has 34 heavy (non-hydrogen) atoms. The third kappa shape index (κ3) is 5.69. The minimum atomic E-state index is -3.90. The maximum absolute atomic E-state index is 13.8. The number of sulfonamides is 1. The van der Waals surface area contributed by atoms with Gasteiger partial charge in [-0.2, -0.15) is 0 Å². The van der Waals surface area contributed by atoms with Crippen molar-refractivity contribution in [1.29, 1.82) is 0 Å². The Morgan fingerprint density at radius 1 is 1.12 bits per heavy atom. The highest BCUT2D eigenvalue weighted by molar-refractivity contribution is 7.89. The van der Waals surface area contributed by atoms with Crippen molar-refractivity contribution < 1.29 is 13.2 Å². The van der Waals surface area contributed by atoms with Crippen LogP contribution in [-0.4, -0.2) is 56.8 Å². The van der Waals surface area contributed by atoms with Crippen LogP contribution in [0.5, 0.6) is 0 Å². The van der Waals surface area contributed by atoms with Gasteiger partial charge in [-0.25, -0.2) is 13.1 Å². The molecule has 2 aliphatic rings. The summed E-state index contributed by atoms with van der Waals surface area (Å²) in [6, 6.07) is 12.6. The van der Waals surface area contributed by atoms with Gasteiger partial charge in [0.1, 0.15) is 4.90 Å². The summed E-state index contributed by atoms with van der Waals surface area (Å²) >= 11 is 11.3. The Labute approximate surface area is 211 Å². The van der Waals surface area contributed by atoms with Crippen molar-refractivity contribution in [3.8, 4) is 0 Å². The summed E-state index contributed by atoms with van der Waals surface area (Å²) in [5.74, 6) is -0.606. The molecular formula is C24H30Cl2N4O3S. The second-order valence-electron chi connectivity index (χ2n) is 8.66. The zero-order valence-electron chi connectivity index (χ0n) is 19.1. The zero-order valence-corrected chi connectivity index (χ0v) is 21.5. The van der Waals surface area contributed by atoms with Gasteiger partial charge in [0, 0.05) is 37.9 Å². The first-order valence-electron chi connectivity index (χ1n) is 11.6. The quantitative estimate of drug-likeness (QED) is 0.536. The van der Waals surface area contributed by atoms with Gasteiger partial charge < -0.3 is 15.1 Å². The van der Waals surface area contributed by atoms with Crippen molar-refractivity contribution in [3.63, 3.8) is 0 Å². The highest BCUT2D eigenvalue weighted by atomic mass is 35.5. The molecule has 1 atom stereocenters. The molecule has 10 heteroatoms. The summed E-state index contributed by atoms with van der Waals surface area (Å²) in [5, 5.41) is 2.60. The molecule has 0 saturated carbocycles. The van der Waals surface area contributed by atoms with Gasteiger partial charge in [-0.15, -0.1) is 0 Å². The molecule has 1 heterocycles. The lowest BCUT2D eigenvalue weighted by Crippen LogP contribution is -2.46. The van der Waals surface area contributed by atoms with Crippen molar-refractivity contribution in [2.24, 2.45) is 0 Å². The maximum Gasteiger partial charge on any atom is 0.257 e. The second-order valence-corrected chi connectivity index (χ2v) is 11.4. The Balaban J connectivity index is 1.67. The van der Waals surface area contributed by atoms with E-state index < -0.39 is 20.8 Å². The number of rotatable bonds is 7. The second kappa shape index (κ2) is 10.8. The predicted octanol–water partition coefficient (Wildman–Crippen LogP) is 3.93. The van der Waals surface area contributed by atoms with Gasteiger partial charge in [0.15, 0.2) is 4.84 Å². The smallest absolute Gasteiger partial charge is 0.257 e. The molecule has 1 aliphatic carbocycles. The topological polar surface area (TPSA) is 81.8 Å². The van der Waals surface area contributed by atoms with Crippen molar-refractivity contribution >= 4 is 50.5 Å². The number of alkyl halides is 2. The van der Waals surface area contributed by atoms with Crippen molar-refractivity contribution in [3.05, 3.63) is 53.6 Å². The number of likely N-dealkylation sites (N-methyl/N-ethyl adjacent to an activating group) is 1. The summed E-state index contributed by atoms with van der Waals surface area (Å²) in [6.45, 7) is 6.25. The Hall–Kier alpha value is -1.84. The minimum Gasteiger partial charge on any atom is -0.368 e. The molecule has 0 radical (unpaired) electrons. The molecule has 0 bridgehead atoms. The first-order valence-corrected chi connectivity index (χ1v) is 13.9. The van der Waals surface area contributed by atoms with Gasteiger partial charge in [-0.1, -0.05) is 54.4 Å². The molecule has 1 saturated heterocycles. The Morgan fingerprint density at radius 3 is 2.56 bits per heavy atom. The van der Waals surface area contributed by atoms with Crippen molar-refractivity contribution in [2.75, 3.05) is 42.9 Å². The SMILES string of the molecule is CCN1CCN(c2ccc(NC(=O)C(Cl)Cl)cc2S(=O)(=O)N[C@@H]2CCCc3ccccc32)CC1. The van der Waals surface area contributed by atoms with E-state index in [1.54, 1.807) is 12.1 Å². The van der Waals surface area contributed by atoms with Crippen LogP contribution in [0.4, 0.5) is 11.4 Å². The van der Waals surface area contributed by atoms with E-state index >= 15 is 0 Å². The van der Waals surface area contributed by atoms with Crippen molar-refractivity contribution in [1.82, 2.24) is 9.62 Å². The molecule has 7 nitrogen and oxygen atoms in total. The number of aryl methyl sites for hydroxylation is 1. The summed E-state index contributed by atoms with van der Waals surface area (Å²) < 4.78 is 30.4. The molecule has 1 amide bonds. The fourth-order valence-corrected chi connectivity index (χ4v) is 6.31. The number of carbonyl (C=O) groups is 1. The van der Waals surface area contributed by atoms with Gasteiger partial charge in [0.2, 0.25) is 10.0 Å². The maximum atomic E-state index is 13.8. The Kier molecular flexibility index (Phi) is 8.05. The summed E-state index contributed by atoms with van der Waals surface area (Å²) in [6.07, 6.45) is 2.59. The van der Waals surface area contributed by atoms with E-state index in [0.29, 0.717) is 11.4 Å². The average molecular weight is 526 g/mol. The number of benzene rings is 2. The summed E-state index contributed by atoms with van der Waals surface area (Å²) in [5.41, 5.74) is 3.15. The highest BCUT2D eigenvalue weighted by Gasteiger charge is 2.30. The number of anilines is 2. The fourth-order valence-electron chi connectivity index (χ4n) is 4.70. The van der Waals surface area contributed by atoms with E-state index in [9.17, 15) is 13.2 Å². The number of hydrogen-bond donors (Lipinski definition) is 2. The Morgan fingerprint density at radius 2 is 1.85 bits per heavy atom. The number of hydrogen-bond acceptors (Lipinski definition) is 5. The molecule has 1 aliphatic heterocycles. The van der Waals surface area contributed by atoms with E-state index in [1.165, 1.54) is 11.6 Å². The number of amides is 1. The number of piperazine rings is 1. The molecule has 1 fully saturated rings. The van der Waals surface area contributed by atoms with Crippen LogP contribution in [0.1, 0.15) is 36.9 Å². The average Bonchev–Trinajstić information content (AvgIpc) is 2.84. The lowest BCUT2D eigenvalue weighted by Gasteiger charge is -2.36. The van der Waals surface area contributed by atoms with Crippen LogP contribution in [0.15, 0.2) is 47.4 Å². The number of halogens is 2. The predicted molar refractivity (Wildman–Crippen MR) is 137 cm³/mol. The first kappa shape index (κ1) is 25.3. The molecule has 4 rings (SSSR count). The van der Waals surface area contributed by atoms with Crippen LogP contribution in [-0.2, 0) is 21.2 Å². The van der Waals surface area contributed by atoms with Crippen LogP contribution >= 0.6 is 23.2 Å². The third-order valence-corrected chi connectivity index (χ3v) is 8.44. The number of nitrogens with one attached hydrogen (secondary N) is 2. The molecular weight excluding hydrogens is 495 g/mol. The van der Waals surface area contributed by atoms with Crippen LogP contribution in [0.2, 0.25) is 0 Å². The van der Waals surface area contributed by atoms with Crippen molar-refractivity contribution in [2.45, 2.75) is 42.0 Å². The van der Waals surface area contributed by atoms with E-state index in [2.05, 4.69) is 32.8 Å². The molecule has 2 aromatic rings. The Bertz CT molecular complexity index is 1130. The number of carbonyl (C=O) groups excluding carboxylic acids is 1. The highest BCUT2D eigenvalue weighted by Crippen LogP contribution is 2.34. The van der Waals surface area contributed by atoms with Gasteiger partial charge in [-0.3, -0.25) is 4.79 Å². The lowest BCUT2D eigenvalue weighted by atomic mass is 9.88. The largest absolute Gasteiger partial charge is 0.368 e. The van der Waals surface area contributed by atoms with Gasteiger partial charge in [0.05, 0.1) is 5.69 Å².